The number of nitrogens with zero attached hydrogens (tertiary/aromatic N) is 1. The van der Waals surface area contributed by atoms with Gasteiger partial charge in [0, 0.05) is 18.1 Å². The number of hydrogen-bond acceptors (Lipinski definition) is 0. The van der Waals surface area contributed by atoms with Crippen molar-refractivity contribution in [2.45, 2.75) is 25.8 Å². The second-order valence-electron chi connectivity index (χ2n) is 4.22. The lowest BCUT2D eigenvalue weighted by molar-refractivity contribution is 0.555. The van der Waals surface area contributed by atoms with Crippen LogP contribution in [0.3, 0.4) is 0 Å². The summed E-state index contributed by atoms with van der Waals surface area (Å²) in [5, 5.41) is 1.10. The fourth-order valence-corrected chi connectivity index (χ4v) is 2.63. The van der Waals surface area contributed by atoms with Crippen molar-refractivity contribution < 1.29 is 4.39 Å². The summed E-state index contributed by atoms with van der Waals surface area (Å²) < 4.78 is 15.7. The third kappa shape index (κ3) is 1.14. The Bertz CT molecular complexity index is 544. The molecule has 0 amide bonds. The Balaban J connectivity index is 2.48. The summed E-state index contributed by atoms with van der Waals surface area (Å²) in [4.78, 5) is 0. The number of benzene rings is 1. The van der Waals surface area contributed by atoms with Crippen LogP contribution in [-0.4, -0.2) is 4.57 Å². The first-order valence-corrected chi connectivity index (χ1v) is 5.53. The molecular weight excluding hydrogens is 213 g/mol. The molecule has 0 saturated heterocycles. The average Bonchev–Trinajstić information content (AvgIpc) is 2.64. The minimum absolute atomic E-state index is 0.251. The van der Waals surface area contributed by atoms with Crippen LogP contribution in [0.5, 0.6) is 0 Å². The maximum atomic E-state index is 13.6. The van der Waals surface area contributed by atoms with E-state index >= 15 is 0 Å². The van der Waals surface area contributed by atoms with E-state index in [0.29, 0.717) is 5.92 Å². The van der Waals surface area contributed by atoms with E-state index in [9.17, 15) is 4.39 Å². The summed E-state index contributed by atoms with van der Waals surface area (Å²) in [5.41, 5.74) is 2.20. The highest BCUT2D eigenvalue weighted by atomic mass is 35.5. The van der Waals surface area contributed by atoms with E-state index in [1.54, 1.807) is 6.07 Å². The third-order valence-corrected chi connectivity index (χ3v) is 3.68. The van der Waals surface area contributed by atoms with Crippen LogP contribution in [-0.2, 0) is 6.54 Å². The first-order valence-electron chi connectivity index (χ1n) is 5.15. The van der Waals surface area contributed by atoms with Crippen molar-refractivity contribution in [2.75, 3.05) is 0 Å². The summed E-state index contributed by atoms with van der Waals surface area (Å²) in [6.45, 7) is 3.14. The monoisotopic (exact) mass is 223 g/mol. The summed E-state index contributed by atoms with van der Waals surface area (Å²) in [6, 6.07) is 3.49. The van der Waals surface area contributed by atoms with E-state index < -0.39 is 0 Å². The fourth-order valence-electron chi connectivity index (χ4n) is 2.42. The van der Waals surface area contributed by atoms with Crippen LogP contribution in [0.1, 0.15) is 24.8 Å². The first-order chi connectivity index (χ1) is 7.18. The molecule has 0 spiro atoms. The molecule has 0 N–H and O–H groups in total. The van der Waals surface area contributed by atoms with Gasteiger partial charge in [0.1, 0.15) is 5.82 Å². The molecular formula is C12H11ClFN. The summed E-state index contributed by atoms with van der Waals surface area (Å²) >= 11 is 5.95. The Morgan fingerprint density at radius 3 is 3.13 bits per heavy atom. The molecule has 1 unspecified atom stereocenters. The molecule has 1 aromatic carbocycles. The van der Waals surface area contributed by atoms with Gasteiger partial charge < -0.3 is 4.57 Å². The zero-order chi connectivity index (χ0) is 10.6. The molecule has 1 aliphatic heterocycles. The van der Waals surface area contributed by atoms with Crippen molar-refractivity contribution in [1.82, 2.24) is 4.57 Å². The van der Waals surface area contributed by atoms with E-state index in [1.807, 2.05) is 12.3 Å². The summed E-state index contributed by atoms with van der Waals surface area (Å²) in [7, 11) is 0. The maximum Gasteiger partial charge on any atom is 0.142 e. The maximum absolute atomic E-state index is 13.6. The Morgan fingerprint density at radius 2 is 2.33 bits per heavy atom. The van der Waals surface area contributed by atoms with Gasteiger partial charge in [-0.25, -0.2) is 4.39 Å². The Hall–Kier alpha value is -1.02. The van der Waals surface area contributed by atoms with Gasteiger partial charge in [-0.1, -0.05) is 18.5 Å². The summed E-state index contributed by atoms with van der Waals surface area (Å²) in [6.07, 6.45) is 3.06. The molecule has 3 rings (SSSR count). The predicted molar refractivity (Wildman–Crippen MR) is 59.9 cm³/mol. The van der Waals surface area contributed by atoms with Gasteiger partial charge in [-0.3, -0.25) is 0 Å². The van der Waals surface area contributed by atoms with Gasteiger partial charge in [-0.2, -0.15) is 0 Å². The van der Waals surface area contributed by atoms with Gasteiger partial charge in [-0.15, -0.1) is 0 Å². The Kier molecular flexibility index (Phi) is 1.84. The van der Waals surface area contributed by atoms with Gasteiger partial charge in [0.15, 0.2) is 0 Å². The molecule has 1 atom stereocenters. The zero-order valence-corrected chi connectivity index (χ0v) is 9.18. The van der Waals surface area contributed by atoms with Crippen LogP contribution in [0.25, 0.3) is 10.9 Å². The lowest BCUT2D eigenvalue weighted by Gasteiger charge is -2.22. The molecule has 0 aliphatic carbocycles. The fraction of sp³-hybridized carbons (Fsp3) is 0.333. The molecule has 78 valence electrons. The van der Waals surface area contributed by atoms with Crippen LogP contribution < -0.4 is 0 Å². The van der Waals surface area contributed by atoms with Gasteiger partial charge >= 0.3 is 0 Å². The van der Waals surface area contributed by atoms with Crippen molar-refractivity contribution in [2.24, 2.45) is 0 Å². The second kappa shape index (κ2) is 2.99. The molecule has 15 heavy (non-hydrogen) atoms. The molecule has 2 aromatic rings. The molecule has 3 heteroatoms. The molecule has 1 aliphatic rings. The molecule has 2 heterocycles. The third-order valence-electron chi connectivity index (χ3n) is 3.30. The van der Waals surface area contributed by atoms with E-state index in [-0.39, 0.29) is 10.8 Å². The Morgan fingerprint density at radius 1 is 1.53 bits per heavy atom. The number of aromatic nitrogens is 1. The highest BCUT2D eigenvalue weighted by Gasteiger charge is 2.21. The van der Waals surface area contributed by atoms with Crippen molar-refractivity contribution in [3.63, 3.8) is 0 Å². The smallest absolute Gasteiger partial charge is 0.142 e. The van der Waals surface area contributed by atoms with Gasteiger partial charge in [0.2, 0.25) is 0 Å². The molecule has 1 aromatic heterocycles. The highest BCUT2D eigenvalue weighted by molar-refractivity contribution is 6.35. The van der Waals surface area contributed by atoms with E-state index in [2.05, 4.69) is 11.5 Å². The summed E-state index contributed by atoms with van der Waals surface area (Å²) in [5.74, 6) is 0.118. The number of rotatable bonds is 0. The van der Waals surface area contributed by atoms with Gasteiger partial charge in [0.25, 0.3) is 0 Å². The molecule has 1 nitrogen and oxygen atoms in total. The quantitative estimate of drug-likeness (QED) is 0.638. The minimum atomic E-state index is -0.300. The van der Waals surface area contributed by atoms with Crippen molar-refractivity contribution in [3.05, 3.63) is 34.7 Å². The number of hydrogen-bond donors (Lipinski definition) is 0. The SMILES string of the molecule is CC1CCn2ccc3c(Cl)c(F)cc1c32. The van der Waals surface area contributed by atoms with Crippen LogP contribution >= 0.6 is 11.6 Å². The Labute approximate surface area is 92.5 Å². The lowest BCUT2D eigenvalue weighted by Crippen LogP contribution is -2.10. The van der Waals surface area contributed by atoms with Crippen LogP contribution in [0, 0.1) is 5.82 Å². The molecule has 0 bridgehead atoms. The van der Waals surface area contributed by atoms with Crippen LogP contribution in [0.4, 0.5) is 4.39 Å². The van der Waals surface area contributed by atoms with E-state index in [1.165, 1.54) is 0 Å². The minimum Gasteiger partial charge on any atom is -0.347 e. The van der Waals surface area contributed by atoms with Gasteiger partial charge in [0.05, 0.1) is 10.5 Å². The average molecular weight is 224 g/mol. The normalized spacial score (nSPS) is 19.8. The zero-order valence-electron chi connectivity index (χ0n) is 8.43. The largest absolute Gasteiger partial charge is 0.347 e. The molecule has 0 fully saturated rings. The number of aryl methyl sites for hydroxylation is 1. The van der Waals surface area contributed by atoms with Gasteiger partial charge in [-0.05, 0) is 30.0 Å². The van der Waals surface area contributed by atoms with E-state index in [0.717, 1.165) is 29.4 Å². The lowest BCUT2D eigenvalue weighted by atomic mass is 9.93. The highest BCUT2D eigenvalue weighted by Crippen LogP contribution is 2.38. The van der Waals surface area contributed by atoms with Crippen LogP contribution in [0.2, 0.25) is 5.02 Å². The predicted octanol–water partition coefficient (Wildman–Crippen LogP) is 3.94. The number of halogens is 2. The molecule has 0 saturated carbocycles. The van der Waals surface area contributed by atoms with Crippen molar-refractivity contribution in [1.29, 1.82) is 0 Å². The van der Waals surface area contributed by atoms with E-state index in [4.69, 9.17) is 11.6 Å². The standard InChI is InChI=1S/C12H11ClFN/c1-7-2-4-15-5-3-8-11(13)10(14)6-9(7)12(8)15/h3,5-7H,2,4H2,1H3. The van der Waals surface area contributed by atoms with Crippen molar-refractivity contribution >= 4 is 22.5 Å². The second-order valence-corrected chi connectivity index (χ2v) is 4.60. The van der Waals surface area contributed by atoms with Crippen molar-refractivity contribution in [3.8, 4) is 0 Å². The van der Waals surface area contributed by atoms with Crippen LogP contribution in [0.15, 0.2) is 18.3 Å². The topological polar surface area (TPSA) is 4.93 Å². The molecule has 0 radical (unpaired) electrons. The first kappa shape index (κ1) is 9.22.